The number of rotatable bonds is 4. The number of hydrogen-bond donors (Lipinski definition) is 1. The van der Waals surface area contributed by atoms with Gasteiger partial charge in [0.1, 0.15) is 5.78 Å². The van der Waals surface area contributed by atoms with Gasteiger partial charge >= 0.3 is 0 Å². The number of Topliss-reactive ketones (excluding diaryl/α,β-unsaturated/α-hetero) is 1. The second-order valence-corrected chi connectivity index (χ2v) is 11.1. The van der Waals surface area contributed by atoms with Crippen molar-refractivity contribution < 1.29 is 9.59 Å². The lowest BCUT2D eigenvalue weighted by atomic mass is 9.44. The summed E-state index contributed by atoms with van der Waals surface area (Å²) in [6.07, 6.45) is 12.4. The summed E-state index contributed by atoms with van der Waals surface area (Å²) < 4.78 is 0. The highest BCUT2D eigenvalue weighted by Crippen LogP contribution is 2.68. The predicted octanol–water partition coefficient (Wildman–Crippen LogP) is 5.12. The Bertz CT molecular complexity index is 616. The van der Waals surface area contributed by atoms with Crippen molar-refractivity contribution in [2.24, 2.45) is 52.1 Å². The standard InChI is InChI=1S/C24H39NO2/c1-15(4-9-22(25)27)19-7-8-20-18-6-5-16-14-17(26)10-12-23(16,2)21(18)11-13-24(19,20)3/h15-16,18-21H,4-14H2,1-3H3,(H2,25,27)/t15-,16+,18?,19-,20?,21?,23?,24-/m1/s1. The van der Waals surface area contributed by atoms with E-state index in [9.17, 15) is 9.59 Å². The smallest absolute Gasteiger partial charge is 0.217 e. The van der Waals surface area contributed by atoms with E-state index in [1.165, 1.54) is 38.5 Å². The van der Waals surface area contributed by atoms with Crippen LogP contribution in [0.15, 0.2) is 0 Å². The van der Waals surface area contributed by atoms with E-state index in [1.807, 2.05) is 0 Å². The molecule has 4 aliphatic rings. The summed E-state index contributed by atoms with van der Waals surface area (Å²) in [5, 5.41) is 0. The Hall–Kier alpha value is -0.860. The van der Waals surface area contributed by atoms with Gasteiger partial charge in [-0.2, -0.15) is 0 Å². The molecule has 0 bridgehead atoms. The van der Waals surface area contributed by atoms with Crippen LogP contribution in [0.2, 0.25) is 0 Å². The van der Waals surface area contributed by atoms with Crippen molar-refractivity contribution in [3.63, 3.8) is 0 Å². The third-order valence-electron chi connectivity index (χ3n) is 10.1. The van der Waals surface area contributed by atoms with Crippen molar-refractivity contribution in [2.75, 3.05) is 0 Å². The van der Waals surface area contributed by atoms with E-state index in [0.717, 1.165) is 49.4 Å². The molecule has 8 atom stereocenters. The molecule has 4 aliphatic carbocycles. The van der Waals surface area contributed by atoms with Gasteiger partial charge in [0, 0.05) is 19.3 Å². The topological polar surface area (TPSA) is 60.2 Å². The summed E-state index contributed by atoms with van der Waals surface area (Å²) in [6, 6.07) is 0. The lowest BCUT2D eigenvalue weighted by molar-refractivity contribution is -0.140. The van der Waals surface area contributed by atoms with Gasteiger partial charge in [0.2, 0.25) is 5.91 Å². The minimum Gasteiger partial charge on any atom is -0.370 e. The predicted molar refractivity (Wildman–Crippen MR) is 108 cm³/mol. The third-order valence-corrected chi connectivity index (χ3v) is 10.1. The van der Waals surface area contributed by atoms with E-state index in [4.69, 9.17) is 5.73 Å². The van der Waals surface area contributed by atoms with Crippen LogP contribution in [0, 0.1) is 46.3 Å². The first kappa shape index (κ1) is 19.5. The highest BCUT2D eigenvalue weighted by Gasteiger charge is 2.60. The molecule has 4 unspecified atom stereocenters. The first-order valence-electron chi connectivity index (χ1n) is 11.6. The van der Waals surface area contributed by atoms with Crippen LogP contribution in [-0.2, 0) is 9.59 Å². The monoisotopic (exact) mass is 373 g/mol. The Morgan fingerprint density at radius 1 is 1.07 bits per heavy atom. The van der Waals surface area contributed by atoms with E-state index >= 15 is 0 Å². The van der Waals surface area contributed by atoms with Crippen molar-refractivity contribution in [2.45, 2.75) is 91.4 Å². The minimum absolute atomic E-state index is 0.150. The summed E-state index contributed by atoms with van der Waals surface area (Å²) in [4.78, 5) is 23.3. The number of nitrogens with two attached hydrogens (primary N) is 1. The van der Waals surface area contributed by atoms with E-state index in [0.29, 0.717) is 34.9 Å². The van der Waals surface area contributed by atoms with E-state index in [-0.39, 0.29) is 5.91 Å². The van der Waals surface area contributed by atoms with Crippen LogP contribution in [0.1, 0.15) is 91.4 Å². The molecule has 152 valence electrons. The maximum Gasteiger partial charge on any atom is 0.217 e. The molecule has 0 aromatic heterocycles. The van der Waals surface area contributed by atoms with E-state index in [2.05, 4.69) is 20.8 Å². The zero-order valence-corrected chi connectivity index (χ0v) is 17.6. The summed E-state index contributed by atoms with van der Waals surface area (Å²) in [5.74, 6) is 4.92. The van der Waals surface area contributed by atoms with Crippen molar-refractivity contribution in [3.8, 4) is 0 Å². The van der Waals surface area contributed by atoms with Crippen LogP contribution in [0.4, 0.5) is 0 Å². The highest BCUT2D eigenvalue weighted by molar-refractivity contribution is 5.79. The summed E-state index contributed by atoms with van der Waals surface area (Å²) >= 11 is 0. The molecule has 0 aromatic rings. The van der Waals surface area contributed by atoms with Gasteiger partial charge in [0.05, 0.1) is 0 Å². The maximum absolute atomic E-state index is 12.0. The molecule has 4 fully saturated rings. The molecule has 3 heteroatoms. The molecule has 27 heavy (non-hydrogen) atoms. The summed E-state index contributed by atoms with van der Waals surface area (Å²) in [7, 11) is 0. The fraction of sp³-hybridized carbons (Fsp3) is 0.917. The molecule has 0 saturated heterocycles. The molecular formula is C24H39NO2. The second kappa shape index (κ2) is 6.88. The van der Waals surface area contributed by atoms with E-state index < -0.39 is 0 Å². The molecule has 0 aromatic carbocycles. The Balaban J connectivity index is 1.52. The molecule has 1 amide bonds. The highest BCUT2D eigenvalue weighted by atomic mass is 16.1. The summed E-state index contributed by atoms with van der Waals surface area (Å²) in [6.45, 7) is 7.47. The average molecular weight is 374 g/mol. The number of carbonyl (C=O) groups excluding carboxylic acids is 2. The maximum atomic E-state index is 12.0. The van der Waals surface area contributed by atoms with Crippen LogP contribution in [0.3, 0.4) is 0 Å². The third kappa shape index (κ3) is 3.08. The number of primary amides is 1. The molecular weight excluding hydrogens is 334 g/mol. The van der Waals surface area contributed by atoms with Crippen LogP contribution < -0.4 is 5.73 Å². The molecule has 3 nitrogen and oxygen atoms in total. The SMILES string of the molecule is C[C@H](CCC(N)=O)[C@H]1CCC2C3CC[C@H]4CC(=O)CCC4(C)C3CC[C@@]21C. The average Bonchev–Trinajstić information content (AvgIpc) is 2.97. The molecule has 0 heterocycles. The van der Waals surface area contributed by atoms with Gasteiger partial charge in [0.15, 0.2) is 0 Å². The van der Waals surface area contributed by atoms with Gasteiger partial charge in [-0.15, -0.1) is 0 Å². The number of ketones is 1. The van der Waals surface area contributed by atoms with Gasteiger partial charge in [-0.1, -0.05) is 20.8 Å². The van der Waals surface area contributed by atoms with Gasteiger partial charge in [0.25, 0.3) is 0 Å². The fourth-order valence-corrected chi connectivity index (χ4v) is 8.59. The minimum atomic E-state index is -0.150. The van der Waals surface area contributed by atoms with Gasteiger partial charge in [-0.3, -0.25) is 9.59 Å². The van der Waals surface area contributed by atoms with Crippen LogP contribution in [0.5, 0.6) is 0 Å². The number of hydrogen-bond acceptors (Lipinski definition) is 2. The summed E-state index contributed by atoms with van der Waals surface area (Å²) in [5.41, 5.74) is 6.28. The van der Waals surface area contributed by atoms with Gasteiger partial charge in [-0.05, 0) is 97.7 Å². The number of fused-ring (bicyclic) bond motifs is 5. The fourth-order valence-electron chi connectivity index (χ4n) is 8.59. The number of carbonyl (C=O) groups is 2. The van der Waals surface area contributed by atoms with Crippen molar-refractivity contribution in [3.05, 3.63) is 0 Å². The molecule has 4 saturated carbocycles. The van der Waals surface area contributed by atoms with Gasteiger partial charge < -0.3 is 5.73 Å². The zero-order valence-electron chi connectivity index (χ0n) is 17.6. The van der Waals surface area contributed by atoms with Crippen molar-refractivity contribution >= 4 is 11.7 Å². The largest absolute Gasteiger partial charge is 0.370 e. The molecule has 0 radical (unpaired) electrons. The molecule has 0 spiro atoms. The zero-order chi connectivity index (χ0) is 19.4. The quantitative estimate of drug-likeness (QED) is 0.744. The Kier molecular flexibility index (Phi) is 4.96. The van der Waals surface area contributed by atoms with Crippen molar-refractivity contribution in [1.29, 1.82) is 0 Å². The molecule has 0 aliphatic heterocycles. The lowest BCUT2D eigenvalue weighted by Crippen LogP contribution is -2.53. The first-order valence-corrected chi connectivity index (χ1v) is 11.6. The van der Waals surface area contributed by atoms with Crippen LogP contribution in [0.25, 0.3) is 0 Å². The van der Waals surface area contributed by atoms with Crippen molar-refractivity contribution in [1.82, 2.24) is 0 Å². The Morgan fingerprint density at radius 2 is 1.81 bits per heavy atom. The molecule has 4 rings (SSSR count). The van der Waals surface area contributed by atoms with Crippen LogP contribution >= 0.6 is 0 Å². The van der Waals surface area contributed by atoms with Crippen LogP contribution in [-0.4, -0.2) is 11.7 Å². The second-order valence-electron chi connectivity index (χ2n) is 11.1. The number of amides is 1. The van der Waals surface area contributed by atoms with E-state index in [1.54, 1.807) is 0 Å². The normalized spacial score (nSPS) is 47.7. The lowest BCUT2D eigenvalue weighted by Gasteiger charge is -2.60. The Labute approximate surface area is 165 Å². The molecule has 2 N–H and O–H groups in total. The Morgan fingerprint density at radius 3 is 2.56 bits per heavy atom. The first-order chi connectivity index (χ1) is 12.8. The van der Waals surface area contributed by atoms with Gasteiger partial charge in [-0.25, -0.2) is 0 Å².